The molecule has 1 fully saturated rings. The number of anilines is 1. The number of hydrogen-bond acceptors (Lipinski definition) is 6. The van der Waals surface area contributed by atoms with Gasteiger partial charge in [0, 0.05) is 44.7 Å². The molecule has 1 aromatic rings. The summed E-state index contributed by atoms with van der Waals surface area (Å²) in [5, 5.41) is 0. The molecule has 6 nitrogen and oxygen atoms in total. The summed E-state index contributed by atoms with van der Waals surface area (Å²) in [4.78, 5) is 14.1. The van der Waals surface area contributed by atoms with Gasteiger partial charge in [0.2, 0.25) is 5.95 Å². The van der Waals surface area contributed by atoms with Crippen molar-refractivity contribution >= 4 is 30.8 Å². The highest BCUT2D eigenvalue weighted by atomic mass is 35.5. The summed E-state index contributed by atoms with van der Waals surface area (Å²) in [6, 6.07) is 0. The first-order valence-electron chi connectivity index (χ1n) is 7.45. The normalized spacial score (nSPS) is 18.2. The number of ether oxygens (including phenoxy) is 1. The van der Waals surface area contributed by atoms with Gasteiger partial charge in [-0.25, -0.2) is 9.97 Å². The first-order chi connectivity index (χ1) is 9.81. The number of morpholine rings is 1. The molecule has 0 saturated carbocycles. The van der Waals surface area contributed by atoms with Crippen molar-refractivity contribution in [3.05, 3.63) is 17.0 Å². The van der Waals surface area contributed by atoms with Crippen LogP contribution in [-0.2, 0) is 24.2 Å². The standard InChI is InChI=1S/C14H23N5O.2ClH/c1-2-18-4-3-12-11(10-18)13(9-15)17-14(16-12)19-5-7-20-8-6-19;;/h2-10,15H2,1H3;2*1H. The van der Waals surface area contributed by atoms with Gasteiger partial charge in [0.15, 0.2) is 0 Å². The van der Waals surface area contributed by atoms with Crippen LogP contribution < -0.4 is 10.6 Å². The second-order valence-electron chi connectivity index (χ2n) is 5.32. The number of halogens is 2. The Morgan fingerprint density at radius 1 is 1.14 bits per heavy atom. The van der Waals surface area contributed by atoms with E-state index >= 15 is 0 Å². The third-order valence-electron chi connectivity index (χ3n) is 4.15. The molecule has 0 unspecified atom stereocenters. The van der Waals surface area contributed by atoms with E-state index in [0.717, 1.165) is 64.0 Å². The number of aromatic nitrogens is 2. The predicted molar refractivity (Wildman–Crippen MR) is 92.1 cm³/mol. The number of nitrogens with two attached hydrogens (primary N) is 1. The van der Waals surface area contributed by atoms with Crippen molar-refractivity contribution in [1.82, 2.24) is 14.9 Å². The Kier molecular flexibility index (Phi) is 7.79. The Balaban J connectivity index is 0.00000121. The smallest absolute Gasteiger partial charge is 0.226 e. The van der Waals surface area contributed by atoms with Crippen LogP contribution in [0, 0.1) is 0 Å². The molecule has 1 aromatic heterocycles. The van der Waals surface area contributed by atoms with E-state index in [2.05, 4.69) is 16.7 Å². The van der Waals surface area contributed by atoms with Gasteiger partial charge in [-0.1, -0.05) is 6.92 Å². The highest BCUT2D eigenvalue weighted by Gasteiger charge is 2.23. The average molecular weight is 350 g/mol. The lowest BCUT2D eigenvalue weighted by Crippen LogP contribution is -2.39. The zero-order valence-electron chi connectivity index (χ0n) is 13.0. The summed E-state index contributed by atoms with van der Waals surface area (Å²) in [6.45, 7) is 8.98. The molecule has 2 aliphatic heterocycles. The molecule has 2 N–H and O–H groups in total. The number of likely N-dealkylation sites (N-methyl/N-ethyl adjacent to an activating group) is 1. The Labute approximate surface area is 144 Å². The van der Waals surface area contributed by atoms with Gasteiger partial charge in [-0.15, -0.1) is 24.8 Å². The van der Waals surface area contributed by atoms with E-state index < -0.39 is 0 Å². The lowest BCUT2D eigenvalue weighted by molar-refractivity contribution is 0.122. The minimum atomic E-state index is 0. The van der Waals surface area contributed by atoms with Gasteiger partial charge < -0.3 is 15.4 Å². The zero-order valence-corrected chi connectivity index (χ0v) is 14.6. The first kappa shape index (κ1) is 19.4. The summed E-state index contributed by atoms with van der Waals surface area (Å²) in [5.74, 6) is 0.831. The third kappa shape index (κ3) is 4.00. The molecule has 3 heterocycles. The Morgan fingerprint density at radius 3 is 2.50 bits per heavy atom. The van der Waals surface area contributed by atoms with Crippen LogP contribution in [0.4, 0.5) is 5.95 Å². The van der Waals surface area contributed by atoms with Gasteiger partial charge in [-0.3, -0.25) is 4.90 Å². The van der Waals surface area contributed by atoms with Crippen LogP contribution >= 0.6 is 24.8 Å². The van der Waals surface area contributed by atoms with Crippen LogP contribution in [0.1, 0.15) is 23.9 Å². The molecule has 0 amide bonds. The van der Waals surface area contributed by atoms with Crippen molar-refractivity contribution in [2.75, 3.05) is 44.3 Å². The molecule has 3 rings (SSSR count). The van der Waals surface area contributed by atoms with Gasteiger partial charge in [0.05, 0.1) is 24.6 Å². The minimum Gasteiger partial charge on any atom is -0.378 e. The molecular formula is C14H25Cl2N5O. The molecule has 126 valence electrons. The largest absolute Gasteiger partial charge is 0.378 e. The van der Waals surface area contributed by atoms with Gasteiger partial charge in [0.25, 0.3) is 0 Å². The number of fused-ring (bicyclic) bond motifs is 1. The fraction of sp³-hybridized carbons (Fsp3) is 0.714. The maximum Gasteiger partial charge on any atom is 0.226 e. The Morgan fingerprint density at radius 2 is 1.86 bits per heavy atom. The van der Waals surface area contributed by atoms with Crippen molar-refractivity contribution in [1.29, 1.82) is 0 Å². The van der Waals surface area contributed by atoms with Crippen molar-refractivity contribution in [2.45, 2.75) is 26.4 Å². The van der Waals surface area contributed by atoms with Gasteiger partial charge >= 0.3 is 0 Å². The molecule has 8 heteroatoms. The molecule has 0 aliphatic carbocycles. The monoisotopic (exact) mass is 349 g/mol. The molecule has 22 heavy (non-hydrogen) atoms. The second-order valence-corrected chi connectivity index (χ2v) is 5.32. The maximum atomic E-state index is 5.91. The van der Waals surface area contributed by atoms with Crippen LogP contribution in [0.3, 0.4) is 0 Å². The van der Waals surface area contributed by atoms with E-state index in [-0.39, 0.29) is 24.8 Å². The molecule has 0 atom stereocenters. The van der Waals surface area contributed by atoms with Gasteiger partial charge in [0.1, 0.15) is 0 Å². The predicted octanol–water partition coefficient (Wildman–Crippen LogP) is 0.994. The third-order valence-corrected chi connectivity index (χ3v) is 4.15. The van der Waals surface area contributed by atoms with E-state index in [1.54, 1.807) is 0 Å². The summed E-state index contributed by atoms with van der Waals surface area (Å²) in [6.07, 6.45) is 0.996. The number of hydrogen-bond donors (Lipinski definition) is 1. The van der Waals surface area contributed by atoms with Crippen LogP contribution in [0.25, 0.3) is 0 Å². The van der Waals surface area contributed by atoms with Crippen molar-refractivity contribution in [3.63, 3.8) is 0 Å². The molecule has 0 aromatic carbocycles. The molecule has 0 radical (unpaired) electrons. The Hall–Kier alpha value is -0.660. The molecule has 0 spiro atoms. The lowest BCUT2D eigenvalue weighted by Gasteiger charge is -2.31. The van der Waals surface area contributed by atoms with E-state index in [4.69, 9.17) is 20.4 Å². The summed E-state index contributed by atoms with van der Waals surface area (Å²) in [7, 11) is 0. The van der Waals surface area contributed by atoms with Crippen molar-refractivity contribution in [2.24, 2.45) is 5.73 Å². The molecule has 0 bridgehead atoms. The molecular weight excluding hydrogens is 325 g/mol. The zero-order chi connectivity index (χ0) is 13.9. The van der Waals surface area contributed by atoms with Crippen molar-refractivity contribution < 1.29 is 4.74 Å². The highest BCUT2D eigenvalue weighted by Crippen LogP contribution is 2.23. The quantitative estimate of drug-likeness (QED) is 0.877. The second kappa shape index (κ2) is 8.84. The maximum absolute atomic E-state index is 5.91. The van der Waals surface area contributed by atoms with E-state index in [1.165, 1.54) is 11.3 Å². The summed E-state index contributed by atoms with van der Waals surface area (Å²) in [5.41, 5.74) is 9.35. The van der Waals surface area contributed by atoms with E-state index in [1.807, 2.05) is 0 Å². The van der Waals surface area contributed by atoms with Crippen LogP contribution in [0.15, 0.2) is 0 Å². The van der Waals surface area contributed by atoms with Gasteiger partial charge in [-0.05, 0) is 6.54 Å². The topological polar surface area (TPSA) is 67.5 Å². The Bertz CT molecular complexity index is 465. The fourth-order valence-corrected chi connectivity index (χ4v) is 2.87. The fourth-order valence-electron chi connectivity index (χ4n) is 2.87. The average Bonchev–Trinajstić information content (AvgIpc) is 2.54. The van der Waals surface area contributed by atoms with E-state index in [9.17, 15) is 0 Å². The van der Waals surface area contributed by atoms with E-state index in [0.29, 0.717) is 6.54 Å². The number of rotatable bonds is 3. The van der Waals surface area contributed by atoms with Gasteiger partial charge in [-0.2, -0.15) is 0 Å². The lowest BCUT2D eigenvalue weighted by atomic mass is 10.0. The van der Waals surface area contributed by atoms with Crippen LogP contribution in [0.5, 0.6) is 0 Å². The summed E-state index contributed by atoms with van der Waals surface area (Å²) < 4.78 is 5.39. The minimum absolute atomic E-state index is 0. The van der Waals surface area contributed by atoms with Crippen LogP contribution in [-0.4, -0.2) is 54.3 Å². The van der Waals surface area contributed by atoms with Crippen LogP contribution in [0.2, 0.25) is 0 Å². The molecule has 2 aliphatic rings. The highest BCUT2D eigenvalue weighted by molar-refractivity contribution is 5.85. The SMILES string of the molecule is CCN1CCc2nc(N3CCOCC3)nc(CN)c2C1.Cl.Cl. The molecule has 1 saturated heterocycles. The number of nitrogens with zero attached hydrogens (tertiary/aromatic N) is 4. The summed E-state index contributed by atoms with van der Waals surface area (Å²) >= 11 is 0. The van der Waals surface area contributed by atoms with Crippen molar-refractivity contribution in [3.8, 4) is 0 Å². The first-order valence-corrected chi connectivity index (χ1v) is 7.45.